The van der Waals surface area contributed by atoms with Gasteiger partial charge >= 0.3 is 0 Å². The van der Waals surface area contributed by atoms with Gasteiger partial charge in [0.05, 0.1) is 0 Å². The summed E-state index contributed by atoms with van der Waals surface area (Å²) in [5, 5.41) is 0. The molecule has 0 aliphatic heterocycles. The van der Waals surface area contributed by atoms with Crippen LogP contribution in [-0.2, 0) is 6.54 Å². The molecule has 3 aromatic carbocycles. The van der Waals surface area contributed by atoms with Gasteiger partial charge in [0.2, 0.25) is 0 Å². The van der Waals surface area contributed by atoms with Crippen molar-refractivity contribution >= 4 is 0 Å². The Labute approximate surface area is 139 Å². The Balaban J connectivity index is 0.000000203. The molecule has 118 valence electrons. The molecule has 3 aromatic rings. The number of hydrogen-bond acceptors (Lipinski definition) is 1. The summed E-state index contributed by atoms with van der Waals surface area (Å²) in [5.74, 6) is 0.535. The maximum absolute atomic E-state index is 5.35. The van der Waals surface area contributed by atoms with Gasteiger partial charge in [-0.2, -0.15) is 0 Å². The summed E-state index contributed by atoms with van der Waals surface area (Å²) >= 11 is 0. The summed E-state index contributed by atoms with van der Waals surface area (Å²) in [6.07, 6.45) is 1.15. The van der Waals surface area contributed by atoms with Crippen molar-refractivity contribution in [3.8, 4) is 0 Å². The van der Waals surface area contributed by atoms with Crippen LogP contribution in [0.15, 0.2) is 91.0 Å². The molecule has 2 N–H and O–H groups in total. The van der Waals surface area contributed by atoms with Crippen molar-refractivity contribution < 1.29 is 0 Å². The van der Waals surface area contributed by atoms with Gasteiger partial charge in [-0.15, -0.1) is 0 Å². The number of nitrogens with two attached hydrogens (primary N) is 1. The maximum atomic E-state index is 5.35. The van der Waals surface area contributed by atoms with Crippen LogP contribution < -0.4 is 5.73 Å². The van der Waals surface area contributed by atoms with Gasteiger partial charge in [0.1, 0.15) is 0 Å². The van der Waals surface area contributed by atoms with Crippen LogP contribution in [0.25, 0.3) is 0 Å². The molecule has 0 radical (unpaired) electrons. The van der Waals surface area contributed by atoms with Gasteiger partial charge in [0.15, 0.2) is 0 Å². The quantitative estimate of drug-likeness (QED) is 0.688. The predicted molar refractivity (Wildman–Crippen MR) is 99.4 cm³/mol. The third kappa shape index (κ3) is 5.39. The second kappa shape index (κ2) is 9.60. The van der Waals surface area contributed by atoms with Crippen LogP contribution in [0.1, 0.15) is 36.0 Å². The first kappa shape index (κ1) is 17.0. The van der Waals surface area contributed by atoms with Crippen LogP contribution in [0.3, 0.4) is 0 Å². The molecule has 0 heterocycles. The summed E-state index contributed by atoms with van der Waals surface area (Å²) < 4.78 is 0. The highest BCUT2D eigenvalue weighted by atomic mass is 14.5. The molecule has 0 saturated heterocycles. The third-order valence-corrected chi connectivity index (χ3v) is 3.89. The largest absolute Gasteiger partial charge is 0.326 e. The van der Waals surface area contributed by atoms with Crippen molar-refractivity contribution in [2.45, 2.75) is 25.8 Å². The zero-order valence-corrected chi connectivity index (χ0v) is 13.7. The molecule has 1 heteroatoms. The van der Waals surface area contributed by atoms with Gasteiger partial charge in [-0.25, -0.2) is 0 Å². The van der Waals surface area contributed by atoms with Crippen LogP contribution >= 0.6 is 0 Å². The maximum Gasteiger partial charge on any atom is 0.0178 e. The summed E-state index contributed by atoms with van der Waals surface area (Å²) in [7, 11) is 0. The van der Waals surface area contributed by atoms with Crippen LogP contribution in [-0.4, -0.2) is 0 Å². The molecule has 0 saturated carbocycles. The van der Waals surface area contributed by atoms with Crippen molar-refractivity contribution in [1.29, 1.82) is 0 Å². The number of rotatable bonds is 4. The van der Waals surface area contributed by atoms with Crippen LogP contribution in [0.2, 0.25) is 0 Å². The Bertz CT molecular complexity index is 608. The average Bonchev–Trinajstić information content (AvgIpc) is 2.65. The molecule has 0 aliphatic carbocycles. The summed E-state index contributed by atoms with van der Waals surface area (Å²) in [4.78, 5) is 0. The molecule has 0 spiro atoms. The minimum Gasteiger partial charge on any atom is -0.326 e. The molecule has 0 fully saturated rings. The third-order valence-electron chi connectivity index (χ3n) is 3.89. The minimum atomic E-state index is 0.535. The molecule has 0 atom stereocenters. The van der Waals surface area contributed by atoms with E-state index in [0.29, 0.717) is 12.5 Å². The zero-order chi connectivity index (χ0) is 16.3. The molecular weight excluding hydrogens is 278 g/mol. The second-order valence-electron chi connectivity index (χ2n) is 5.47. The molecular formula is C22H25N. The first-order chi connectivity index (χ1) is 11.3. The van der Waals surface area contributed by atoms with Crippen LogP contribution in [0.5, 0.6) is 0 Å². The van der Waals surface area contributed by atoms with E-state index in [0.717, 1.165) is 6.42 Å². The normalized spacial score (nSPS) is 10.0. The summed E-state index contributed by atoms with van der Waals surface area (Å²) in [5.41, 5.74) is 9.35. The highest BCUT2D eigenvalue weighted by Crippen LogP contribution is 2.26. The highest BCUT2D eigenvalue weighted by molar-refractivity contribution is 5.31. The van der Waals surface area contributed by atoms with E-state index in [1.54, 1.807) is 0 Å². The fourth-order valence-corrected chi connectivity index (χ4v) is 2.65. The second-order valence-corrected chi connectivity index (χ2v) is 5.47. The van der Waals surface area contributed by atoms with Gasteiger partial charge in [0.25, 0.3) is 0 Å². The van der Waals surface area contributed by atoms with Crippen molar-refractivity contribution in [2.24, 2.45) is 5.73 Å². The summed E-state index contributed by atoms with van der Waals surface area (Å²) in [6, 6.07) is 31.4. The predicted octanol–water partition coefficient (Wildman–Crippen LogP) is 5.37. The Morgan fingerprint density at radius 1 is 0.652 bits per heavy atom. The zero-order valence-electron chi connectivity index (χ0n) is 13.7. The first-order valence-electron chi connectivity index (χ1n) is 8.19. The van der Waals surface area contributed by atoms with Gasteiger partial charge < -0.3 is 5.73 Å². The van der Waals surface area contributed by atoms with E-state index in [4.69, 9.17) is 5.73 Å². The molecule has 23 heavy (non-hydrogen) atoms. The van der Waals surface area contributed by atoms with Gasteiger partial charge in [0, 0.05) is 12.5 Å². The Morgan fingerprint density at radius 2 is 1.04 bits per heavy atom. The standard InChI is InChI=1S/C15H16.C7H9N/c1-2-15(13-9-5-3-6-10-13)14-11-7-4-8-12-14;8-6-7-4-2-1-3-5-7/h3-12,15H,2H2,1H3;1-5H,6,8H2. The SMILES string of the molecule is CCC(c1ccccc1)c1ccccc1.NCc1ccccc1. The van der Waals surface area contributed by atoms with E-state index < -0.39 is 0 Å². The lowest BCUT2D eigenvalue weighted by Crippen LogP contribution is -1.98. The molecule has 0 unspecified atom stereocenters. The highest BCUT2D eigenvalue weighted by Gasteiger charge is 2.10. The van der Waals surface area contributed by atoms with Crippen LogP contribution in [0.4, 0.5) is 0 Å². The summed E-state index contributed by atoms with van der Waals surface area (Å²) in [6.45, 7) is 2.88. The topological polar surface area (TPSA) is 26.0 Å². The van der Waals surface area contributed by atoms with E-state index in [1.807, 2.05) is 30.3 Å². The Morgan fingerprint density at radius 3 is 1.35 bits per heavy atom. The number of hydrogen-bond donors (Lipinski definition) is 1. The van der Waals surface area contributed by atoms with E-state index in [9.17, 15) is 0 Å². The average molecular weight is 303 g/mol. The lowest BCUT2D eigenvalue weighted by atomic mass is 9.89. The fourth-order valence-electron chi connectivity index (χ4n) is 2.65. The van der Waals surface area contributed by atoms with Crippen molar-refractivity contribution in [3.05, 3.63) is 108 Å². The number of benzene rings is 3. The van der Waals surface area contributed by atoms with E-state index in [-0.39, 0.29) is 0 Å². The molecule has 3 rings (SSSR count). The molecule has 0 bridgehead atoms. The minimum absolute atomic E-state index is 0.535. The van der Waals surface area contributed by atoms with Crippen molar-refractivity contribution in [3.63, 3.8) is 0 Å². The van der Waals surface area contributed by atoms with E-state index in [1.165, 1.54) is 16.7 Å². The smallest absolute Gasteiger partial charge is 0.0178 e. The van der Waals surface area contributed by atoms with Crippen molar-refractivity contribution in [2.75, 3.05) is 0 Å². The van der Waals surface area contributed by atoms with E-state index in [2.05, 4.69) is 67.6 Å². The Hall–Kier alpha value is -2.38. The van der Waals surface area contributed by atoms with Crippen LogP contribution in [0, 0.1) is 0 Å². The lowest BCUT2D eigenvalue weighted by molar-refractivity contribution is 0.777. The molecule has 1 nitrogen and oxygen atoms in total. The molecule has 0 aliphatic rings. The van der Waals surface area contributed by atoms with Gasteiger partial charge in [-0.1, -0.05) is 97.9 Å². The fraction of sp³-hybridized carbons (Fsp3) is 0.182. The van der Waals surface area contributed by atoms with E-state index >= 15 is 0 Å². The molecule has 0 aromatic heterocycles. The van der Waals surface area contributed by atoms with Gasteiger partial charge in [-0.3, -0.25) is 0 Å². The van der Waals surface area contributed by atoms with Crippen molar-refractivity contribution in [1.82, 2.24) is 0 Å². The monoisotopic (exact) mass is 303 g/mol. The Kier molecular flexibility index (Phi) is 7.09. The lowest BCUT2D eigenvalue weighted by Gasteiger charge is -2.15. The van der Waals surface area contributed by atoms with Gasteiger partial charge in [-0.05, 0) is 23.1 Å². The molecule has 0 amide bonds. The first-order valence-corrected chi connectivity index (χ1v) is 8.19.